The number of carbonyl (C=O) groups excluding carboxylic acids is 1. The van der Waals surface area contributed by atoms with Crippen LogP contribution in [0.3, 0.4) is 0 Å². The number of hydrogen-bond acceptors (Lipinski definition) is 6. The summed E-state index contributed by atoms with van der Waals surface area (Å²) < 4.78 is 50.8. The van der Waals surface area contributed by atoms with Crippen LogP contribution in [0.2, 0.25) is 0 Å². The molecule has 0 fully saturated rings. The summed E-state index contributed by atoms with van der Waals surface area (Å²) in [5, 5.41) is 6.37. The van der Waals surface area contributed by atoms with E-state index < -0.39 is 30.5 Å². The number of fused-ring (bicyclic) bond motifs is 1. The first kappa shape index (κ1) is 19.0. The minimum atomic E-state index is -4.53. The Kier molecular flexibility index (Phi) is 5.22. The molecule has 0 saturated carbocycles. The number of hydrogen-bond donors (Lipinski definition) is 2. The molecule has 0 bridgehead atoms. The van der Waals surface area contributed by atoms with Gasteiger partial charge in [-0.05, 0) is 30.0 Å². The number of anilines is 1. The van der Waals surface area contributed by atoms with E-state index in [9.17, 15) is 22.4 Å². The summed E-state index contributed by atoms with van der Waals surface area (Å²) in [7, 11) is 0. The van der Waals surface area contributed by atoms with Gasteiger partial charge in [0.2, 0.25) is 5.95 Å². The standard InChI is InChI=1S/C16H13F4N5OS/c1-8(9-4-10(17)6-21-5-9)23-15-24-11-2-3-27-13(11)12(25-15)14(26)22-7-16(18,19)20/h2-6,8H,7H2,1H3,(H,22,26)(H,23,24,25)/t8-/m0/s1. The molecule has 1 atom stereocenters. The molecule has 0 unspecified atom stereocenters. The highest BCUT2D eigenvalue weighted by atomic mass is 32.1. The summed E-state index contributed by atoms with van der Waals surface area (Å²) in [6.45, 7) is 0.248. The second-order valence-electron chi connectivity index (χ2n) is 5.63. The van der Waals surface area contributed by atoms with Gasteiger partial charge in [-0.25, -0.2) is 14.4 Å². The third-order valence-corrected chi connectivity index (χ3v) is 4.45. The van der Waals surface area contributed by atoms with E-state index in [1.165, 1.54) is 12.3 Å². The molecule has 0 spiro atoms. The first-order chi connectivity index (χ1) is 12.7. The van der Waals surface area contributed by atoms with Gasteiger partial charge in [-0.3, -0.25) is 9.78 Å². The first-order valence-electron chi connectivity index (χ1n) is 7.70. The molecular weight excluding hydrogens is 386 g/mol. The maximum Gasteiger partial charge on any atom is 0.405 e. The number of nitrogens with one attached hydrogen (secondary N) is 2. The lowest BCUT2D eigenvalue weighted by Crippen LogP contribution is -2.34. The number of rotatable bonds is 5. The molecule has 0 aliphatic heterocycles. The fourth-order valence-corrected chi connectivity index (χ4v) is 3.11. The zero-order valence-electron chi connectivity index (χ0n) is 13.8. The summed E-state index contributed by atoms with van der Waals surface area (Å²) in [5.41, 5.74) is 0.776. The van der Waals surface area contributed by atoms with Crippen LogP contribution >= 0.6 is 11.3 Å². The Balaban J connectivity index is 1.87. The number of alkyl halides is 3. The summed E-state index contributed by atoms with van der Waals surface area (Å²) in [4.78, 5) is 24.2. The fraction of sp³-hybridized carbons (Fsp3) is 0.250. The number of pyridine rings is 1. The van der Waals surface area contributed by atoms with Crippen molar-refractivity contribution in [2.45, 2.75) is 19.1 Å². The van der Waals surface area contributed by atoms with Crippen LogP contribution in [0.5, 0.6) is 0 Å². The van der Waals surface area contributed by atoms with Crippen LogP contribution in [0.1, 0.15) is 29.0 Å². The van der Waals surface area contributed by atoms with Gasteiger partial charge in [0.15, 0.2) is 5.69 Å². The van der Waals surface area contributed by atoms with Crippen molar-refractivity contribution in [3.05, 3.63) is 47.0 Å². The Morgan fingerprint density at radius 2 is 2.07 bits per heavy atom. The maximum atomic E-state index is 13.3. The molecule has 27 heavy (non-hydrogen) atoms. The summed E-state index contributed by atoms with van der Waals surface area (Å²) in [6, 6.07) is 2.46. The fourth-order valence-electron chi connectivity index (χ4n) is 2.29. The van der Waals surface area contributed by atoms with E-state index in [4.69, 9.17) is 0 Å². The van der Waals surface area contributed by atoms with Crippen LogP contribution < -0.4 is 10.6 Å². The Labute approximate surface area is 154 Å². The van der Waals surface area contributed by atoms with Gasteiger partial charge in [-0.1, -0.05) is 0 Å². The van der Waals surface area contributed by atoms with E-state index in [2.05, 4.69) is 20.3 Å². The summed E-state index contributed by atoms with van der Waals surface area (Å²) in [6.07, 6.45) is -2.01. The summed E-state index contributed by atoms with van der Waals surface area (Å²) >= 11 is 1.15. The maximum absolute atomic E-state index is 13.3. The average molecular weight is 399 g/mol. The van der Waals surface area contributed by atoms with Crippen molar-refractivity contribution in [1.29, 1.82) is 0 Å². The monoisotopic (exact) mass is 399 g/mol. The third kappa shape index (κ3) is 4.67. The van der Waals surface area contributed by atoms with Crippen molar-refractivity contribution < 1.29 is 22.4 Å². The lowest BCUT2D eigenvalue weighted by Gasteiger charge is -2.15. The topological polar surface area (TPSA) is 79.8 Å². The molecule has 3 aromatic heterocycles. The van der Waals surface area contributed by atoms with Crippen LogP contribution in [0.15, 0.2) is 29.9 Å². The molecule has 3 aromatic rings. The molecule has 3 rings (SSSR count). The van der Waals surface area contributed by atoms with Crippen molar-refractivity contribution in [2.75, 3.05) is 11.9 Å². The third-order valence-electron chi connectivity index (χ3n) is 3.54. The van der Waals surface area contributed by atoms with Gasteiger partial charge in [0.1, 0.15) is 12.4 Å². The molecule has 0 aliphatic carbocycles. The van der Waals surface area contributed by atoms with Gasteiger partial charge in [-0.15, -0.1) is 11.3 Å². The normalized spacial score (nSPS) is 12.8. The van der Waals surface area contributed by atoms with Crippen LogP contribution in [-0.4, -0.2) is 33.6 Å². The van der Waals surface area contributed by atoms with Gasteiger partial charge >= 0.3 is 6.18 Å². The van der Waals surface area contributed by atoms with Gasteiger partial charge < -0.3 is 10.6 Å². The second kappa shape index (κ2) is 7.43. The van der Waals surface area contributed by atoms with Crippen LogP contribution in [0.25, 0.3) is 10.2 Å². The highest BCUT2D eigenvalue weighted by molar-refractivity contribution is 7.17. The molecule has 6 nitrogen and oxygen atoms in total. The molecular formula is C16H13F4N5OS. The Morgan fingerprint density at radius 3 is 2.78 bits per heavy atom. The average Bonchev–Trinajstić information content (AvgIpc) is 3.06. The van der Waals surface area contributed by atoms with Gasteiger partial charge in [-0.2, -0.15) is 13.2 Å². The minimum Gasteiger partial charge on any atom is -0.348 e. The number of halogens is 4. The van der Waals surface area contributed by atoms with Crippen LogP contribution in [0.4, 0.5) is 23.5 Å². The first-order valence-corrected chi connectivity index (χ1v) is 8.58. The molecule has 2 N–H and O–H groups in total. The van der Waals surface area contributed by atoms with E-state index in [0.29, 0.717) is 15.8 Å². The Morgan fingerprint density at radius 1 is 1.30 bits per heavy atom. The van der Waals surface area contributed by atoms with E-state index in [-0.39, 0.29) is 11.6 Å². The van der Waals surface area contributed by atoms with Gasteiger partial charge in [0.25, 0.3) is 5.91 Å². The molecule has 3 heterocycles. The number of amides is 1. The molecule has 142 valence electrons. The van der Waals surface area contributed by atoms with Crippen molar-refractivity contribution >= 4 is 33.4 Å². The molecule has 0 saturated heterocycles. The van der Waals surface area contributed by atoms with Crippen molar-refractivity contribution in [3.8, 4) is 0 Å². The van der Waals surface area contributed by atoms with E-state index in [1.807, 2.05) is 0 Å². The van der Waals surface area contributed by atoms with E-state index in [0.717, 1.165) is 17.5 Å². The second-order valence-corrected chi connectivity index (χ2v) is 6.55. The van der Waals surface area contributed by atoms with E-state index in [1.54, 1.807) is 23.7 Å². The zero-order chi connectivity index (χ0) is 19.6. The quantitative estimate of drug-likeness (QED) is 0.640. The predicted octanol–water partition coefficient (Wildman–Crippen LogP) is 3.69. The molecule has 0 aromatic carbocycles. The van der Waals surface area contributed by atoms with Crippen molar-refractivity contribution in [3.63, 3.8) is 0 Å². The van der Waals surface area contributed by atoms with Crippen molar-refractivity contribution in [2.24, 2.45) is 0 Å². The Hall–Kier alpha value is -2.82. The summed E-state index contributed by atoms with van der Waals surface area (Å²) in [5.74, 6) is -1.43. The Bertz CT molecular complexity index is 975. The van der Waals surface area contributed by atoms with Gasteiger partial charge in [0.05, 0.1) is 22.5 Å². The molecule has 0 radical (unpaired) electrons. The largest absolute Gasteiger partial charge is 0.405 e. The SMILES string of the molecule is C[C@H](Nc1nc(C(=O)NCC(F)(F)F)c2sccc2n1)c1cncc(F)c1. The number of aromatic nitrogens is 3. The highest BCUT2D eigenvalue weighted by Crippen LogP contribution is 2.25. The number of carbonyl (C=O) groups is 1. The van der Waals surface area contributed by atoms with E-state index >= 15 is 0 Å². The van der Waals surface area contributed by atoms with Crippen LogP contribution in [0, 0.1) is 5.82 Å². The minimum absolute atomic E-state index is 0.0369. The lowest BCUT2D eigenvalue weighted by molar-refractivity contribution is -0.123. The van der Waals surface area contributed by atoms with Gasteiger partial charge in [0, 0.05) is 6.20 Å². The number of thiophene rings is 1. The molecule has 11 heteroatoms. The number of nitrogens with zero attached hydrogens (tertiary/aromatic N) is 3. The molecule has 0 aliphatic rings. The smallest absolute Gasteiger partial charge is 0.348 e. The molecule has 1 amide bonds. The lowest BCUT2D eigenvalue weighted by atomic mass is 10.1. The van der Waals surface area contributed by atoms with Crippen LogP contribution in [-0.2, 0) is 0 Å². The van der Waals surface area contributed by atoms with Crippen molar-refractivity contribution in [1.82, 2.24) is 20.3 Å². The predicted molar refractivity (Wildman–Crippen MR) is 92.0 cm³/mol. The highest BCUT2D eigenvalue weighted by Gasteiger charge is 2.29. The zero-order valence-corrected chi connectivity index (χ0v) is 14.7.